The number of phenolic OH excluding ortho intramolecular Hbond substituents is 1. The van der Waals surface area contributed by atoms with Gasteiger partial charge in [-0.05, 0) is 24.3 Å². The van der Waals surface area contributed by atoms with E-state index in [0.717, 1.165) is 0 Å². The predicted molar refractivity (Wildman–Crippen MR) is 54.3 cm³/mol. The van der Waals surface area contributed by atoms with Crippen LogP contribution in [0, 0.1) is 0 Å². The van der Waals surface area contributed by atoms with Gasteiger partial charge >= 0.3 is 0 Å². The van der Waals surface area contributed by atoms with Crippen LogP contribution in [0.1, 0.15) is 6.92 Å². The van der Waals surface area contributed by atoms with Gasteiger partial charge in [0.15, 0.2) is 0 Å². The maximum atomic E-state index is 11.2. The monoisotopic (exact) mass is 216 g/mol. The number of rotatable bonds is 4. The van der Waals surface area contributed by atoms with E-state index in [2.05, 4.69) is 9.44 Å². The largest absolute Gasteiger partial charge is 0.508 e. The minimum Gasteiger partial charge on any atom is -0.508 e. The molecule has 5 nitrogen and oxygen atoms in total. The van der Waals surface area contributed by atoms with Crippen molar-refractivity contribution in [3.63, 3.8) is 0 Å². The number of aromatic hydroxyl groups is 1. The van der Waals surface area contributed by atoms with Gasteiger partial charge in [0.05, 0.1) is 0 Å². The number of hydrogen-bond acceptors (Lipinski definition) is 3. The smallest absolute Gasteiger partial charge is 0.299 e. The molecule has 0 fully saturated rings. The summed E-state index contributed by atoms with van der Waals surface area (Å²) in [7, 11) is -3.48. The Hall–Kier alpha value is -1.27. The Balaban J connectivity index is 2.74. The van der Waals surface area contributed by atoms with Gasteiger partial charge in [-0.2, -0.15) is 13.1 Å². The molecule has 0 unspecified atom stereocenters. The number of hydrogen-bond donors (Lipinski definition) is 3. The van der Waals surface area contributed by atoms with Gasteiger partial charge in [-0.1, -0.05) is 6.92 Å². The summed E-state index contributed by atoms with van der Waals surface area (Å²) in [6, 6.07) is 5.77. The molecule has 1 aromatic rings. The molecule has 0 heterocycles. The Morgan fingerprint density at radius 3 is 2.36 bits per heavy atom. The lowest BCUT2D eigenvalue weighted by Crippen LogP contribution is -2.29. The minimum atomic E-state index is -3.48. The molecule has 0 atom stereocenters. The van der Waals surface area contributed by atoms with Crippen molar-refractivity contribution in [1.82, 2.24) is 4.72 Å². The Kier molecular flexibility index (Phi) is 3.32. The summed E-state index contributed by atoms with van der Waals surface area (Å²) in [5, 5.41) is 8.97. The second-order valence-corrected chi connectivity index (χ2v) is 4.15. The molecule has 78 valence electrons. The molecule has 1 rings (SSSR count). The molecule has 0 saturated heterocycles. The van der Waals surface area contributed by atoms with E-state index in [1.165, 1.54) is 24.3 Å². The molecule has 0 spiro atoms. The third-order valence-corrected chi connectivity index (χ3v) is 2.63. The molecule has 0 aromatic heterocycles. The van der Waals surface area contributed by atoms with Crippen LogP contribution in [0.15, 0.2) is 24.3 Å². The number of phenols is 1. The van der Waals surface area contributed by atoms with Gasteiger partial charge in [-0.15, -0.1) is 0 Å². The molecule has 0 aliphatic carbocycles. The highest BCUT2D eigenvalue weighted by atomic mass is 32.2. The molecule has 0 aliphatic rings. The van der Waals surface area contributed by atoms with E-state index in [9.17, 15) is 8.42 Å². The Labute approximate surface area is 83.0 Å². The van der Waals surface area contributed by atoms with Gasteiger partial charge in [0, 0.05) is 12.2 Å². The lowest BCUT2D eigenvalue weighted by atomic mass is 10.3. The van der Waals surface area contributed by atoms with E-state index in [-0.39, 0.29) is 5.75 Å². The molecule has 3 N–H and O–H groups in total. The molecule has 0 aliphatic heterocycles. The van der Waals surface area contributed by atoms with Gasteiger partial charge in [0.2, 0.25) is 0 Å². The normalized spacial score (nSPS) is 11.2. The van der Waals surface area contributed by atoms with E-state index in [1.54, 1.807) is 6.92 Å². The van der Waals surface area contributed by atoms with Crippen LogP contribution in [0.2, 0.25) is 0 Å². The zero-order valence-corrected chi connectivity index (χ0v) is 8.50. The SMILES string of the molecule is CCNS(=O)(=O)Nc1ccc(O)cc1. The first-order chi connectivity index (χ1) is 6.53. The fraction of sp³-hybridized carbons (Fsp3) is 0.250. The summed E-state index contributed by atoms with van der Waals surface area (Å²) in [5.74, 6) is 0.0939. The van der Waals surface area contributed by atoms with Crippen molar-refractivity contribution in [3.05, 3.63) is 24.3 Å². The topological polar surface area (TPSA) is 78.4 Å². The zero-order chi connectivity index (χ0) is 10.6. The average molecular weight is 216 g/mol. The van der Waals surface area contributed by atoms with Gasteiger partial charge in [-0.25, -0.2) is 0 Å². The predicted octanol–water partition coefficient (Wildman–Crippen LogP) is 0.658. The minimum absolute atomic E-state index is 0.0939. The Morgan fingerprint density at radius 1 is 1.29 bits per heavy atom. The highest BCUT2D eigenvalue weighted by Crippen LogP contribution is 2.14. The maximum Gasteiger partial charge on any atom is 0.299 e. The molecule has 0 amide bonds. The van der Waals surface area contributed by atoms with Crippen molar-refractivity contribution in [2.75, 3.05) is 11.3 Å². The highest BCUT2D eigenvalue weighted by Gasteiger charge is 2.06. The summed E-state index contributed by atoms with van der Waals surface area (Å²) in [6.45, 7) is 2.02. The molecule has 0 bridgehead atoms. The van der Waals surface area contributed by atoms with E-state index in [1.807, 2.05) is 0 Å². The summed E-state index contributed by atoms with van der Waals surface area (Å²) in [4.78, 5) is 0. The lowest BCUT2D eigenvalue weighted by Gasteiger charge is -2.07. The first kappa shape index (κ1) is 10.8. The van der Waals surface area contributed by atoms with Crippen LogP contribution < -0.4 is 9.44 Å². The van der Waals surface area contributed by atoms with Gasteiger partial charge in [-0.3, -0.25) is 4.72 Å². The quantitative estimate of drug-likeness (QED) is 0.647. The summed E-state index contributed by atoms with van der Waals surface area (Å²) in [6.07, 6.45) is 0. The van der Waals surface area contributed by atoms with Crippen LogP contribution in [0.25, 0.3) is 0 Å². The van der Waals surface area contributed by atoms with Crippen molar-refractivity contribution in [3.8, 4) is 5.75 Å². The van der Waals surface area contributed by atoms with Crippen LogP contribution >= 0.6 is 0 Å². The second-order valence-electron chi connectivity index (χ2n) is 2.65. The van der Waals surface area contributed by atoms with Crippen LogP contribution in [-0.4, -0.2) is 20.1 Å². The highest BCUT2D eigenvalue weighted by molar-refractivity contribution is 7.90. The van der Waals surface area contributed by atoms with E-state index in [4.69, 9.17) is 5.11 Å². The fourth-order valence-electron chi connectivity index (χ4n) is 0.911. The molecule has 1 aromatic carbocycles. The van der Waals surface area contributed by atoms with E-state index in [0.29, 0.717) is 12.2 Å². The van der Waals surface area contributed by atoms with Crippen molar-refractivity contribution in [1.29, 1.82) is 0 Å². The standard InChI is InChI=1S/C8H12N2O3S/c1-2-9-14(12,13)10-7-3-5-8(11)6-4-7/h3-6,9-11H,2H2,1H3. The summed E-state index contributed by atoms with van der Waals surface area (Å²) >= 11 is 0. The number of anilines is 1. The number of benzene rings is 1. The molecule has 14 heavy (non-hydrogen) atoms. The first-order valence-corrected chi connectivity index (χ1v) is 5.58. The number of nitrogens with one attached hydrogen (secondary N) is 2. The summed E-state index contributed by atoms with van der Waals surface area (Å²) in [5.41, 5.74) is 0.406. The maximum absolute atomic E-state index is 11.2. The molecule has 0 radical (unpaired) electrons. The van der Waals surface area contributed by atoms with Crippen molar-refractivity contribution >= 4 is 15.9 Å². The van der Waals surface area contributed by atoms with E-state index < -0.39 is 10.2 Å². The van der Waals surface area contributed by atoms with Crippen molar-refractivity contribution < 1.29 is 13.5 Å². The molecule has 6 heteroatoms. The van der Waals surface area contributed by atoms with Crippen LogP contribution in [0.5, 0.6) is 5.75 Å². The van der Waals surface area contributed by atoms with E-state index >= 15 is 0 Å². The Morgan fingerprint density at radius 2 is 1.86 bits per heavy atom. The van der Waals surface area contributed by atoms with Crippen LogP contribution in [0.3, 0.4) is 0 Å². The second kappa shape index (κ2) is 4.30. The lowest BCUT2D eigenvalue weighted by molar-refractivity contribution is 0.475. The van der Waals surface area contributed by atoms with Crippen LogP contribution in [0.4, 0.5) is 5.69 Å². The Bertz CT molecular complexity index is 386. The molecular weight excluding hydrogens is 204 g/mol. The summed E-state index contributed by atoms with van der Waals surface area (Å²) < 4.78 is 27.0. The third kappa shape index (κ3) is 3.23. The first-order valence-electron chi connectivity index (χ1n) is 4.10. The van der Waals surface area contributed by atoms with Crippen molar-refractivity contribution in [2.24, 2.45) is 0 Å². The van der Waals surface area contributed by atoms with Gasteiger partial charge in [0.25, 0.3) is 10.2 Å². The van der Waals surface area contributed by atoms with Crippen LogP contribution in [-0.2, 0) is 10.2 Å². The van der Waals surface area contributed by atoms with Gasteiger partial charge < -0.3 is 5.11 Å². The average Bonchev–Trinajstić information content (AvgIpc) is 2.08. The third-order valence-electron chi connectivity index (χ3n) is 1.45. The van der Waals surface area contributed by atoms with Crippen molar-refractivity contribution in [2.45, 2.75) is 6.92 Å². The van der Waals surface area contributed by atoms with Gasteiger partial charge in [0.1, 0.15) is 5.75 Å². The molecule has 0 saturated carbocycles. The molecular formula is C8H12N2O3S. The zero-order valence-electron chi connectivity index (χ0n) is 7.69. The fourth-order valence-corrected chi connectivity index (χ4v) is 1.81.